The van der Waals surface area contributed by atoms with E-state index in [0.717, 1.165) is 0 Å². The van der Waals surface area contributed by atoms with E-state index < -0.39 is 0 Å². The average Bonchev–Trinajstić information content (AvgIpc) is 2.11. The van der Waals surface area contributed by atoms with Crippen molar-refractivity contribution in [1.29, 1.82) is 0 Å². The van der Waals surface area contributed by atoms with Crippen molar-refractivity contribution in [3.8, 4) is 0 Å². The Labute approximate surface area is 79.6 Å². The number of hydrogen-bond donors (Lipinski definition) is 0. The molecule has 0 rings (SSSR count). The van der Waals surface area contributed by atoms with Gasteiger partial charge in [0.15, 0.2) is 5.78 Å². The highest BCUT2D eigenvalue weighted by molar-refractivity contribution is 5.97. The lowest BCUT2D eigenvalue weighted by atomic mass is 10.1. The summed E-state index contributed by atoms with van der Waals surface area (Å²) in [5.41, 5.74) is 0.600. The molecule has 0 aliphatic heterocycles. The molecular weight excluding hydrogens is 164 g/mol. The molecule has 0 atom stereocenters. The fourth-order valence-corrected chi connectivity index (χ4v) is 0.949. The highest BCUT2D eigenvalue weighted by atomic mass is 16.5. The van der Waals surface area contributed by atoms with E-state index in [4.69, 9.17) is 4.74 Å². The Kier molecular flexibility index (Phi) is 5.60. The van der Waals surface area contributed by atoms with Crippen LogP contribution >= 0.6 is 0 Å². The molecule has 0 saturated carbocycles. The number of carbonyl (C=O) groups excluding carboxylic acids is 1. The standard InChI is InChI=1S/C11H16O2/c1-5-7-8-10(9(3)12)11(6-2)13-4/h5-8H,1-4H3/b7-5-,10-8-,11-6+. The van der Waals surface area contributed by atoms with E-state index in [2.05, 4.69) is 0 Å². The largest absolute Gasteiger partial charge is 0.496 e. The third-order valence-electron chi connectivity index (χ3n) is 1.58. The quantitative estimate of drug-likeness (QED) is 0.377. The fourth-order valence-electron chi connectivity index (χ4n) is 0.949. The summed E-state index contributed by atoms with van der Waals surface area (Å²) in [7, 11) is 1.56. The van der Waals surface area contributed by atoms with Gasteiger partial charge in [-0.05, 0) is 32.9 Å². The first-order valence-electron chi connectivity index (χ1n) is 4.22. The molecule has 0 saturated heterocycles. The van der Waals surface area contributed by atoms with Crippen LogP contribution in [0.5, 0.6) is 0 Å². The zero-order chi connectivity index (χ0) is 10.3. The Morgan fingerprint density at radius 1 is 1.31 bits per heavy atom. The maximum absolute atomic E-state index is 11.2. The first kappa shape index (κ1) is 11.7. The van der Waals surface area contributed by atoms with Crippen LogP contribution in [0.4, 0.5) is 0 Å². The van der Waals surface area contributed by atoms with Crippen molar-refractivity contribution in [3.63, 3.8) is 0 Å². The summed E-state index contributed by atoms with van der Waals surface area (Å²) in [4.78, 5) is 11.2. The predicted octanol–water partition coefficient (Wildman–Crippen LogP) is 2.63. The van der Waals surface area contributed by atoms with Crippen LogP contribution in [-0.4, -0.2) is 12.9 Å². The fraction of sp³-hybridized carbons (Fsp3) is 0.364. The Balaban J connectivity index is 4.91. The molecule has 0 unspecified atom stereocenters. The highest BCUT2D eigenvalue weighted by Gasteiger charge is 2.07. The van der Waals surface area contributed by atoms with Gasteiger partial charge in [-0.15, -0.1) is 0 Å². The molecule has 0 aliphatic carbocycles. The lowest BCUT2D eigenvalue weighted by molar-refractivity contribution is -0.113. The molecule has 0 spiro atoms. The van der Waals surface area contributed by atoms with Gasteiger partial charge in [-0.3, -0.25) is 4.79 Å². The molecule has 0 aromatic carbocycles. The minimum absolute atomic E-state index is 0.00745. The van der Waals surface area contributed by atoms with Crippen LogP contribution in [0.25, 0.3) is 0 Å². The second-order valence-electron chi connectivity index (χ2n) is 2.52. The van der Waals surface area contributed by atoms with E-state index in [1.165, 1.54) is 6.92 Å². The minimum atomic E-state index is 0.00745. The Morgan fingerprint density at radius 3 is 2.23 bits per heavy atom. The van der Waals surface area contributed by atoms with E-state index >= 15 is 0 Å². The van der Waals surface area contributed by atoms with Crippen LogP contribution in [0.1, 0.15) is 20.8 Å². The van der Waals surface area contributed by atoms with Gasteiger partial charge in [-0.1, -0.05) is 12.2 Å². The van der Waals surface area contributed by atoms with Crippen molar-refractivity contribution in [2.75, 3.05) is 7.11 Å². The molecule has 2 heteroatoms. The molecule has 0 bridgehead atoms. The molecule has 0 radical (unpaired) electrons. The molecule has 0 amide bonds. The first-order chi connectivity index (χ1) is 6.17. The molecule has 0 N–H and O–H groups in total. The first-order valence-corrected chi connectivity index (χ1v) is 4.22. The summed E-state index contributed by atoms with van der Waals surface area (Å²) in [6.45, 7) is 5.26. The number of Topliss-reactive ketones (excluding diaryl/α,β-unsaturated/α-hetero) is 1. The number of methoxy groups -OCH3 is 1. The number of carbonyl (C=O) groups is 1. The summed E-state index contributed by atoms with van der Waals surface area (Å²) < 4.78 is 5.06. The molecule has 0 aliphatic rings. The number of allylic oxidation sites excluding steroid dienone is 5. The molecule has 0 fully saturated rings. The van der Waals surface area contributed by atoms with E-state index in [1.807, 2.05) is 26.0 Å². The molecule has 72 valence electrons. The second-order valence-corrected chi connectivity index (χ2v) is 2.52. The molecule has 2 nitrogen and oxygen atoms in total. The number of ketones is 1. The van der Waals surface area contributed by atoms with Crippen LogP contribution in [0.15, 0.2) is 35.6 Å². The van der Waals surface area contributed by atoms with Crippen molar-refractivity contribution in [1.82, 2.24) is 0 Å². The monoisotopic (exact) mass is 180 g/mol. The Bertz CT molecular complexity index is 257. The third-order valence-corrected chi connectivity index (χ3v) is 1.58. The maximum Gasteiger partial charge on any atom is 0.163 e. The Morgan fingerprint density at radius 2 is 1.92 bits per heavy atom. The molecular formula is C11H16O2. The zero-order valence-electron chi connectivity index (χ0n) is 8.63. The summed E-state index contributed by atoms with van der Waals surface area (Å²) in [5, 5.41) is 0. The highest BCUT2D eigenvalue weighted by Crippen LogP contribution is 2.11. The van der Waals surface area contributed by atoms with Gasteiger partial charge in [-0.2, -0.15) is 0 Å². The van der Waals surface area contributed by atoms with Gasteiger partial charge in [-0.25, -0.2) is 0 Å². The molecule has 0 heterocycles. The zero-order valence-corrected chi connectivity index (χ0v) is 8.63. The second kappa shape index (κ2) is 6.23. The topological polar surface area (TPSA) is 26.3 Å². The molecule has 13 heavy (non-hydrogen) atoms. The number of rotatable bonds is 4. The van der Waals surface area contributed by atoms with Crippen molar-refractivity contribution in [2.45, 2.75) is 20.8 Å². The van der Waals surface area contributed by atoms with Gasteiger partial charge < -0.3 is 4.74 Å². The van der Waals surface area contributed by atoms with Crippen LogP contribution in [0.2, 0.25) is 0 Å². The van der Waals surface area contributed by atoms with Crippen LogP contribution in [0.3, 0.4) is 0 Å². The minimum Gasteiger partial charge on any atom is -0.496 e. The van der Waals surface area contributed by atoms with Crippen molar-refractivity contribution in [2.24, 2.45) is 0 Å². The summed E-state index contributed by atoms with van der Waals surface area (Å²) in [5.74, 6) is 0.624. The normalized spacial score (nSPS) is 13.5. The third kappa shape index (κ3) is 3.74. The van der Waals surface area contributed by atoms with E-state index in [0.29, 0.717) is 11.3 Å². The average molecular weight is 180 g/mol. The number of ether oxygens (including phenoxy) is 1. The predicted molar refractivity (Wildman–Crippen MR) is 54.3 cm³/mol. The van der Waals surface area contributed by atoms with Crippen LogP contribution < -0.4 is 0 Å². The lowest BCUT2D eigenvalue weighted by Gasteiger charge is -2.06. The van der Waals surface area contributed by atoms with Crippen LogP contribution in [0, 0.1) is 0 Å². The van der Waals surface area contributed by atoms with Crippen LogP contribution in [-0.2, 0) is 9.53 Å². The summed E-state index contributed by atoms with van der Waals surface area (Å²) in [6.07, 6.45) is 7.21. The van der Waals surface area contributed by atoms with Crippen molar-refractivity contribution < 1.29 is 9.53 Å². The lowest BCUT2D eigenvalue weighted by Crippen LogP contribution is -2.01. The Hall–Kier alpha value is -1.31. The van der Waals surface area contributed by atoms with E-state index in [1.54, 1.807) is 19.3 Å². The maximum atomic E-state index is 11.2. The van der Waals surface area contributed by atoms with Gasteiger partial charge in [0.2, 0.25) is 0 Å². The molecule has 0 aromatic rings. The SMILES string of the molecule is C\C=C/C=C(C(C)=O)\C(=C/C)OC. The van der Waals surface area contributed by atoms with Crippen molar-refractivity contribution >= 4 is 5.78 Å². The number of hydrogen-bond acceptors (Lipinski definition) is 2. The van der Waals surface area contributed by atoms with Gasteiger partial charge in [0.25, 0.3) is 0 Å². The van der Waals surface area contributed by atoms with Gasteiger partial charge in [0, 0.05) is 0 Å². The summed E-state index contributed by atoms with van der Waals surface area (Å²) in [6, 6.07) is 0. The van der Waals surface area contributed by atoms with Gasteiger partial charge in [0.05, 0.1) is 12.7 Å². The summed E-state index contributed by atoms with van der Waals surface area (Å²) >= 11 is 0. The van der Waals surface area contributed by atoms with Gasteiger partial charge >= 0.3 is 0 Å². The smallest absolute Gasteiger partial charge is 0.163 e. The van der Waals surface area contributed by atoms with E-state index in [-0.39, 0.29) is 5.78 Å². The van der Waals surface area contributed by atoms with Crippen molar-refractivity contribution in [3.05, 3.63) is 35.6 Å². The van der Waals surface area contributed by atoms with E-state index in [9.17, 15) is 4.79 Å². The molecule has 0 aromatic heterocycles. The van der Waals surface area contributed by atoms with Gasteiger partial charge in [0.1, 0.15) is 5.76 Å².